The zero-order chi connectivity index (χ0) is 18.0. The SMILES string of the molecule is O=C(COc1ccccc1)N/N=C/c1cccc(Oc2ccccc2)c1. The Morgan fingerprint density at radius 2 is 1.50 bits per heavy atom. The highest BCUT2D eigenvalue weighted by molar-refractivity contribution is 5.83. The highest BCUT2D eigenvalue weighted by atomic mass is 16.5. The van der Waals surface area contributed by atoms with Crippen molar-refractivity contribution < 1.29 is 14.3 Å². The maximum atomic E-state index is 11.7. The van der Waals surface area contributed by atoms with Crippen molar-refractivity contribution in [2.75, 3.05) is 6.61 Å². The van der Waals surface area contributed by atoms with E-state index in [9.17, 15) is 4.79 Å². The standard InChI is InChI=1S/C21H18N2O3/c24-21(16-25-18-9-3-1-4-10-18)23-22-15-17-8-7-13-20(14-17)26-19-11-5-2-6-12-19/h1-15H,16H2,(H,23,24)/b22-15+. The predicted molar refractivity (Wildman–Crippen MR) is 101 cm³/mol. The van der Waals surface area contributed by atoms with E-state index in [0.29, 0.717) is 11.5 Å². The number of nitrogens with one attached hydrogen (secondary N) is 1. The lowest BCUT2D eigenvalue weighted by Crippen LogP contribution is -2.24. The third kappa shape index (κ3) is 5.49. The molecule has 0 fully saturated rings. The molecule has 1 amide bonds. The summed E-state index contributed by atoms with van der Waals surface area (Å²) in [5, 5.41) is 3.94. The van der Waals surface area contributed by atoms with E-state index in [-0.39, 0.29) is 12.5 Å². The number of ether oxygens (including phenoxy) is 2. The number of nitrogens with zero attached hydrogens (tertiary/aromatic N) is 1. The molecule has 1 N–H and O–H groups in total. The van der Waals surface area contributed by atoms with Crippen LogP contribution in [0.2, 0.25) is 0 Å². The van der Waals surface area contributed by atoms with E-state index in [4.69, 9.17) is 9.47 Å². The third-order valence-corrected chi connectivity index (χ3v) is 3.35. The molecule has 5 nitrogen and oxygen atoms in total. The van der Waals surface area contributed by atoms with Crippen LogP contribution in [0.5, 0.6) is 17.2 Å². The largest absolute Gasteiger partial charge is 0.484 e. The van der Waals surface area contributed by atoms with E-state index >= 15 is 0 Å². The summed E-state index contributed by atoms with van der Waals surface area (Å²) >= 11 is 0. The van der Waals surface area contributed by atoms with Crippen molar-refractivity contribution in [2.45, 2.75) is 0 Å². The highest BCUT2D eigenvalue weighted by Crippen LogP contribution is 2.21. The van der Waals surface area contributed by atoms with Crippen molar-refractivity contribution in [3.05, 3.63) is 90.5 Å². The molecule has 3 aromatic carbocycles. The number of hydrazone groups is 1. The van der Waals surface area contributed by atoms with E-state index in [2.05, 4.69) is 10.5 Å². The first kappa shape index (κ1) is 17.2. The van der Waals surface area contributed by atoms with Crippen molar-refractivity contribution in [3.8, 4) is 17.2 Å². The van der Waals surface area contributed by atoms with Crippen LogP contribution in [0.3, 0.4) is 0 Å². The number of amides is 1. The van der Waals surface area contributed by atoms with Crippen LogP contribution in [0.4, 0.5) is 0 Å². The van der Waals surface area contributed by atoms with Crippen LogP contribution in [0.15, 0.2) is 90.0 Å². The Balaban J connectivity index is 1.50. The number of hydrogen-bond acceptors (Lipinski definition) is 4. The van der Waals surface area contributed by atoms with Gasteiger partial charge < -0.3 is 9.47 Å². The summed E-state index contributed by atoms with van der Waals surface area (Å²) in [7, 11) is 0. The van der Waals surface area contributed by atoms with Gasteiger partial charge in [-0.05, 0) is 42.0 Å². The first-order valence-corrected chi connectivity index (χ1v) is 8.12. The van der Waals surface area contributed by atoms with Gasteiger partial charge in [-0.2, -0.15) is 5.10 Å². The molecule has 0 aliphatic rings. The summed E-state index contributed by atoms with van der Waals surface area (Å²) in [6, 6.07) is 26.1. The summed E-state index contributed by atoms with van der Waals surface area (Å²) in [6.07, 6.45) is 1.55. The van der Waals surface area contributed by atoms with Gasteiger partial charge >= 0.3 is 0 Å². The Morgan fingerprint density at radius 1 is 0.846 bits per heavy atom. The topological polar surface area (TPSA) is 59.9 Å². The number of benzene rings is 3. The van der Waals surface area contributed by atoms with E-state index in [1.165, 1.54) is 0 Å². The van der Waals surface area contributed by atoms with E-state index in [1.54, 1.807) is 18.3 Å². The van der Waals surface area contributed by atoms with Crippen LogP contribution in [0, 0.1) is 0 Å². The van der Waals surface area contributed by atoms with E-state index in [0.717, 1.165) is 11.3 Å². The Labute approximate surface area is 151 Å². The second-order valence-electron chi connectivity index (χ2n) is 5.38. The number of carbonyl (C=O) groups excluding carboxylic acids is 1. The van der Waals surface area contributed by atoms with Gasteiger partial charge in [-0.3, -0.25) is 4.79 Å². The molecular formula is C21H18N2O3. The second kappa shape index (κ2) is 9.03. The molecule has 0 saturated heterocycles. The summed E-state index contributed by atoms with van der Waals surface area (Å²) in [6.45, 7) is -0.0987. The number of carbonyl (C=O) groups is 1. The smallest absolute Gasteiger partial charge is 0.277 e. The Hall–Kier alpha value is -3.60. The van der Waals surface area contributed by atoms with Gasteiger partial charge in [0.2, 0.25) is 0 Å². The Morgan fingerprint density at radius 3 is 2.23 bits per heavy atom. The van der Waals surface area contributed by atoms with Crippen LogP contribution in [-0.4, -0.2) is 18.7 Å². The van der Waals surface area contributed by atoms with Crippen LogP contribution in [-0.2, 0) is 4.79 Å². The zero-order valence-corrected chi connectivity index (χ0v) is 14.0. The van der Waals surface area contributed by atoms with E-state index in [1.807, 2.05) is 72.8 Å². The minimum atomic E-state index is -0.332. The molecule has 0 radical (unpaired) electrons. The molecule has 0 saturated carbocycles. The molecule has 0 aromatic heterocycles. The van der Waals surface area contributed by atoms with Crippen molar-refractivity contribution in [3.63, 3.8) is 0 Å². The highest BCUT2D eigenvalue weighted by Gasteiger charge is 2.01. The lowest BCUT2D eigenvalue weighted by atomic mass is 10.2. The molecule has 0 aliphatic heterocycles. The van der Waals surface area contributed by atoms with Crippen molar-refractivity contribution in [2.24, 2.45) is 5.10 Å². The van der Waals surface area contributed by atoms with E-state index < -0.39 is 0 Å². The van der Waals surface area contributed by atoms with Gasteiger partial charge in [0, 0.05) is 0 Å². The molecule has 0 heterocycles. The lowest BCUT2D eigenvalue weighted by molar-refractivity contribution is -0.123. The van der Waals surface area contributed by atoms with Crippen LogP contribution < -0.4 is 14.9 Å². The fourth-order valence-corrected chi connectivity index (χ4v) is 2.16. The normalized spacial score (nSPS) is 10.5. The van der Waals surface area contributed by atoms with Gasteiger partial charge in [0.15, 0.2) is 6.61 Å². The van der Waals surface area contributed by atoms with Crippen LogP contribution in [0.1, 0.15) is 5.56 Å². The second-order valence-corrected chi connectivity index (χ2v) is 5.38. The van der Waals surface area contributed by atoms with Crippen molar-refractivity contribution in [1.82, 2.24) is 5.43 Å². The third-order valence-electron chi connectivity index (χ3n) is 3.35. The van der Waals surface area contributed by atoms with Crippen LogP contribution in [0.25, 0.3) is 0 Å². The van der Waals surface area contributed by atoms with Gasteiger partial charge in [0.05, 0.1) is 6.21 Å². The Bertz CT molecular complexity index is 865. The maximum absolute atomic E-state index is 11.7. The first-order chi connectivity index (χ1) is 12.8. The van der Waals surface area contributed by atoms with Gasteiger partial charge in [-0.25, -0.2) is 5.43 Å². The first-order valence-electron chi connectivity index (χ1n) is 8.12. The van der Waals surface area contributed by atoms with Gasteiger partial charge in [0.1, 0.15) is 17.2 Å². The average molecular weight is 346 g/mol. The molecule has 0 atom stereocenters. The molecule has 130 valence electrons. The molecular weight excluding hydrogens is 328 g/mol. The van der Waals surface area contributed by atoms with Gasteiger partial charge in [0.25, 0.3) is 5.91 Å². The number of rotatable bonds is 7. The fourth-order valence-electron chi connectivity index (χ4n) is 2.16. The molecule has 0 unspecified atom stereocenters. The Kier molecular flexibility index (Phi) is 5.99. The molecule has 3 aromatic rings. The zero-order valence-electron chi connectivity index (χ0n) is 14.0. The summed E-state index contributed by atoms with van der Waals surface area (Å²) < 4.78 is 11.1. The van der Waals surface area contributed by atoms with Crippen molar-refractivity contribution >= 4 is 12.1 Å². The quantitative estimate of drug-likeness (QED) is 0.519. The molecule has 0 spiro atoms. The summed E-state index contributed by atoms with van der Waals surface area (Å²) in [4.78, 5) is 11.7. The number of para-hydroxylation sites is 2. The molecule has 5 heteroatoms. The molecule has 3 rings (SSSR count). The average Bonchev–Trinajstić information content (AvgIpc) is 2.68. The summed E-state index contributed by atoms with van der Waals surface area (Å²) in [5.41, 5.74) is 3.24. The van der Waals surface area contributed by atoms with Crippen molar-refractivity contribution in [1.29, 1.82) is 0 Å². The minimum Gasteiger partial charge on any atom is -0.484 e. The number of hydrogen-bond donors (Lipinski definition) is 1. The molecule has 0 aliphatic carbocycles. The lowest BCUT2D eigenvalue weighted by Gasteiger charge is -2.06. The summed E-state index contributed by atoms with van der Waals surface area (Å²) in [5.74, 6) is 1.76. The molecule has 0 bridgehead atoms. The minimum absolute atomic E-state index is 0.0987. The molecule has 26 heavy (non-hydrogen) atoms. The van der Waals surface area contributed by atoms with Crippen LogP contribution >= 0.6 is 0 Å². The maximum Gasteiger partial charge on any atom is 0.277 e. The monoisotopic (exact) mass is 346 g/mol. The predicted octanol–water partition coefficient (Wildman–Crippen LogP) is 4.01. The van der Waals surface area contributed by atoms with Gasteiger partial charge in [-0.1, -0.05) is 48.5 Å². The van der Waals surface area contributed by atoms with Gasteiger partial charge in [-0.15, -0.1) is 0 Å². The fraction of sp³-hybridized carbons (Fsp3) is 0.0476.